The number of carbonyl (C=O) groups excluding carboxylic acids is 1. The van der Waals surface area contributed by atoms with E-state index in [1.165, 1.54) is 4.90 Å². The lowest BCUT2D eigenvalue weighted by molar-refractivity contribution is 0.0917. The lowest BCUT2D eigenvalue weighted by Crippen LogP contribution is -2.37. The Labute approximate surface area is 172 Å². The minimum Gasteiger partial charge on any atom is -0.497 e. The maximum absolute atomic E-state index is 13.4. The molecule has 0 bridgehead atoms. The van der Waals surface area contributed by atoms with E-state index in [4.69, 9.17) is 14.5 Å². The minimum absolute atomic E-state index is 0.0447. The predicted molar refractivity (Wildman–Crippen MR) is 115 cm³/mol. The third kappa shape index (κ3) is 4.01. The molecule has 1 saturated heterocycles. The lowest BCUT2D eigenvalue weighted by Gasteiger charge is -2.23. The first-order valence-corrected chi connectivity index (χ1v) is 11.2. The van der Waals surface area contributed by atoms with E-state index >= 15 is 0 Å². The zero-order chi connectivity index (χ0) is 19.5. The zero-order valence-corrected chi connectivity index (χ0v) is 17.5. The van der Waals surface area contributed by atoms with Crippen LogP contribution in [0.4, 0.5) is 5.13 Å². The number of anilines is 1. The summed E-state index contributed by atoms with van der Waals surface area (Å²) in [6.45, 7) is 1.26. The quantitative estimate of drug-likeness (QED) is 0.540. The van der Waals surface area contributed by atoms with E-state index in [-0.39, 0.29) is 12.0 Å². The molecular formula is C21H22N2O3S2. The summed E-state index contributed by atoms with van der Waals surface area (Å²) in [5, 5.41) is 0.705. The molecule has 0 saturated carbocycles. The number of thioether (sulfide) groups is 1. The van der Waals surface area contributed by atoms with Crippen LogP contribution in [0.3, 0.4) is 0 Å². The third-order valence-electron chi connectivity index (χ3n) is 4.79. The molecule has 1 aromatic heterocycles. The van der Waals surface area contributed by atoms with E-state index in [1.54, 1.807) is 41.2 Å². The number of benzene rings is 2. The van der Waals surface area contributed by atoms with Gasteiger partial charge in [0.15, 0.2) is 5.13 Å². The molecule has 146 valence electrons. The van der Waals surface area contributed by atoms with Crippen molar-refractivity contribution in [3.63, 3.8) is 0 Å². The van der Waals surface area contributed by atoms with Crippen molar-refractivity contribution in [3.8, 4) is 5.75 Å². The van der Waals surface area contributed by atoms with Gasteiger partial charge in [0.05, 0.1) is 30.0 Å². The fourth-order valence-electron chi connectivity index (χ4n) is 3.29. The Balaban J connectivity index is 1.71. The van der Waals surface area contributed by atoms with Gasteiger partial charge >= 0.3 is 0 Å². The molecule has 0 aliphatic carbocycles. The van der Waals surface area contributed by atoms with Crippen molar-refractivity contribution < 1.29 is 14.3 Å². The molecule has 7 heteroatoms. The average Bonchev–Trinajstić information content (AvgIpc) is 3.40. The van der Waals surface area contributed by atoms with Crippen LogP contribution in [0.5, 0.6) is 5.75 Å². The summed E-state index contributed by atoms with van der Waals surface area (Å²) in [7, 11) is 1.60. The summed E-state index contributed by atoms with van der Waals surface area (Å²) in [4.78, 5) is 21.1. The fraction of sp³-hybridized carbons (Fsp3) is 0.333. The van der Waals surface area contributed by atoms with Crippen molar-refractivity contribution in [2.45, 2.75) is 23.8 Å². The number of methoxy groups -OCH3 is 1. The first kappa shape index (κ1) is 19.2. The molecule has 3 aromatic rings. The number of ether oxygens (including phenoxy) is 2. The van der Waals surface area contributed by atoms with E-state index in [0.29, 0.717) is 23.0 Å². The van der Waals surface area contributed by atoms with Crippen molar-refractivity contribution in [2.24, 2.45) is 0 Å². The minimum atomic E-state index is -0.0847. The highest BCUT2D eigenvalue weighted by atomic mass is 32.2. The lowest BCUT2D eigenvalue weighted by atomic mass is 10.1. The maximum Gasteiger partial charge on any atom is 0.260 e. The number of fused-ring (bicyclic) bond motifs is 1. The molecule has 1 atom stereocenters. The number of amides is 1. The second-order valence-electron chi connectivity index (χ2n) is 6.61. The van der Waals surface area contributed by atoms with Crippen LogP contribution in [0.15, 0.2) is 47.4 Å². The number of thiazole rings is 1. The normalized spacial score (nSPS) is 16.4. The van der Waals surface area contributed by atoms with Gasteiger partial charge in [0, 0.05) is 17.1 Å². The largest absolute Gasteiger partial charge is 0.497 e. The van der Waals surface area contributed by atoms with Crippen LogP contribution in [0.25, 0.3) is 10.2 Å². The van der Waals surface area contributed by atoms with Crippen LogP contribution >= 0.6 is 23.1 Å². The average molecular weight is 415 g/mol. The smallest absolute Gasteiger partial charge is 0.260 e. The Morgan fingerprint density at radius 2 is 2.25 bits per heavy atom. The molecule has 1 aliphatic heterocycles. The Morgan fingerprint density at radius 1 is 1.36 bits per heavy atom. The predicted octanol–water partition coefficient (Wildman–Crippen LogP) is 4.85. The molecular weight excluding hydrogens is 392 g/mol. The van der Waals surface area contributed by atoms with Crippen LogP contribution in [0.2, 0.25) is 0 Å². The molecule has 0 radical (unpaired) electrons. The van der Waals surface area contributed by atoms with E-state index in [9.17, 15) is 4.79 Å². The van der Waals surface area contributed by atoms with Gasteiger partial charge in [-0.15, -0.1) is 11.8 Å². The molecule has 2 aromatic carbocycles. The SMILES string of the molecule is COc1cccc(C(=O)N(C[C@H]2CCCO2)c2nc3ccc(SC)cc3s2)c1. The van der Waals surface area contributed by atoms with Crippen LogP contribution in [-0.4, -0.2) is 43.5 Å². The van der Waals surface area contributed by atoms with Crippen molar-refractivity contribution in [1.82, 2.24) is 4.98 Å². The van der Waals surface area contributed by atoms with E-state index < -0.39 is 0 Å². The van der Waals surface area contributed by atoms with Crippen molar-refractivity contribution >= 4 is 44.4 Å². The van der Waals surface area contributed by atoms with E-state index in [1.807, 2.05) is 24.3 Å². The van der Waals surface area contributed by atoms with Crippen molar-refractivity contribution in [2.75, 3.05) is 31.4 Å². The third-order valence-corrected chi connectivity index (χ3v) is 6.55. The molecule has 1 fully saturated rings. The van der Waals surface area contributed by atoms with Crippen LogP contribution in [0, 0.1) is 0 Å². The van der Waals surface area contributed by atoms with Crippen LogP contribution in [0.1, 0.15) is 23.2 Å². The van der Waals surface area contributed by atoms with Crippen molar-refractivity contribution in [1.29, 1.82) is 0 Å². The number of hydrogen-bond donors (Lipinski definition) is 0. The van der Waals surface area contributed by atoms with Gasteiger partial charge in [-0.25, -0.2) is 4.98 Å². The van der Waals surface area contributed by atoms with Crippen molar-refractivity contribution in [3.05, 3.63) is 48.0 Å². The second-order valence-corrected chi connectivity index (χ2v) is 8.50. The first-order chi connectivity index (χ1) is 13.7. The highest BCUT2D eigenvalue weighted by molar-refractivity contribution is 7.98. The molecule has 1 amide bonds. The number of aromatic nitrogens is 1. The summed E-state index contributed by atoms with van der Waals surface area (Å²) >= 11 is 3.24. The zero-order valence-electron chi connectivity index (χ0n) is 15.9. The summed E-state index contributed by atoms with van der Waals surface area (Å²) in [6, 6.07) is 13.5. The molecule has 0 unspecified atom stereocenters. The first-order valence-electron chi connectivity index (χ1n) is 9.20. The van der Waals surface area contributed by atoms with Gasteiger partial charge in [0.1, 0.15) is 5.75 Å². The molecule has 5 nitrogen and oxygen atoms in total. The maximum atomic E-state index is 13.4. The number of hydrogen-bond acceptors (Lipinski definition) is 6. The Hall–Kier alpha value is -2.09. The number of nitrogens with zero attached hydrogens (tertiary/aromatic N) is 2. The number of rotatable bonds is 6. The molecule has 28 heavy (non-hydrogen) atoms. The molecule has 1 aliphatic rings. The van der Waals surface area contributed by atoms with Gasteiger partial charge < -0.3 is 9.47 Å². The summed E-state index contributed by atoms with van der Waals surface area (Å²) in [5.41, 5.74) is 1.50. The Bertz CT molecular complexity index is 983. The van der Waals surface area contributed by atoms with Gasteiger partial charge in [-0.1, -0.05) is 17.4 Å². The summed E-state index contributed by atoms with van der Waals surface area (Å²) in [6.07, 6.45) is 4.09. The highest BCUT2D eigenvalue weighted by Gasteiger charge is 2.27. The monoisotopic (exact) mass is 414 g/mol. The molecule has 2 heterocycles. The van der Waals surface area contributed by atoms with Gasteiger partial charge in [-0.3, -0.25) is 9.69 Å². The Morgan fingerprint density at radius 3 is 3.00 bits per heavy atom. The second kappa shape index (κ2) is 8.51. The van der Waals surface area contributed by atoms with Gasteiger partial charge in [-0.05, 0) is 55.5 Å². The van der Waals surface area contributed by atoms with Gasteiger partial charge in [0.25, 0.3) is 5.91 Å². The highest BCUT2D eigenvalue weighted by Crippen LogP contribution is 2.33. The topological polar surface area (TPSA) is 51.7 Å². The number of carbonyl (C=O) groups is 1. The summed E-state index contributed by atoms with van der Waals surface area (Å²) < 4.78 is 12.2. The molecule has 0 N–H and O–H groups in total. The summed E-state index contributed by atoms with van der Waals surface area (Å²) in [5.74, 6) is 0.579. The van der Waals surface area contributed by atoms with Gasteiger partial charge in [-0.2, -0.15) is 0 Å². The standard InChI is InChI=1S/C21H22N2O3S2/c1-25-15-6-3-5-14(11-15)20(24)23(13-16-7-4-10-26-16)21-22-18-9-8-17(27-2)12-19(18)28-21/h3,5-6,8-9,11-12,16H,4,7,10,13H2,1-2H3/t16-/m1/s1. The molecule has 4 rings (SSSR count). The van der Waals surface area contributed by atoms with Gasteiger partial charge in [0.2, 0.25) is 0 Å². The van der Waals surface area contributed by atoms with Crippen LogP contribution < -0.4 is 9.64 Å². The van der Waals surface area contributed by atoms with Crippen LogP contribution in [-0.2, 0) is 4.74 Å². The fourth-order valence-corrected chi connectivity index (χ4v) is 4.81. The Kier molecular flexibility index (Phi) is 5.85. The van der Waals surface area contributed by atoms with E-state index in [0.717, 1.165) is 29.7 Å². The molecule has 0 spiro atoms. The van der Waals surface area contributed by atoms with E-state index in [2.05, 4.69) is 18.4 Å².